The summed E-state index contributed by atoms with van der Waals surface area (Å²) in [6.45, 7) is 1.36. The molecule has 10 heteroatoms. The molecule has 0 aromatic heterocycles. The van der Waals surface area contributed by atoms with Crippen molar-refractivity contribution in [2.45, 2.75) is 13.0 Å². The number of aryl methyl sites for hydroxylation is 1. The third-order valence-corrected chi connectivity index (χ3v) is 6.30. The third kappa shape index (κ3) is 5.90. The molecule has 1 amide bonds. The smallest absolute Gasteiger partial charge is 0.271 e. The summed E-state index contributed by atoms with van der Waals surface area (Å²) in [5.41, 5.74) is 2.28. The van der Waals surface area contributed by atoms with E-state index in [-0.39, 0.29) is 17.1 Å². The van der Waals surface area contributed by atoms with Crippen molar-refractivity contribution in [3.05, 3.63) is 99.6 Å². The van der Waals surface area contributed by atoms with Gasteiger partial charge in [-0.3, -0.25) is 19.2 Å². The van der Waals surface area contributed by atoms with Gasteiger partial charge in [-0.1, -0.05) is 60.2 Å². The van der Waals surface area contributed by atoms with E-state index in [2.05, 4.69) is 5.32 Å². The topological polar surface area (TPSA) is 119 Å². The maximum atomic E-state index is 13.1. The van der Waals surface area contributed by atoms with Crippen molar-refractivity contribution in [3.8, 4) is 5.75 Å². The number of sulfonamides is 1. The number of carbonyl (C=O) groups is 1. The minimum atomic E-state index is -3.99. The van der Waals surface area contributed by atoms with E-state index in [1.807, 2.05) is 61.5 Å². The summed E-state index contributed by atoms with van der Waals surface area (Å²) < 4.78 is 31.2. The highest BCUT2D eigenvalue weighted by Gasteiger charge is 2.27. The van der Waals surface area contributed by atoms with Gasteiger partial charge in [-0.2, -0.15) is 0 Å². The van der Waals surface area contributed by atoms with Crippen LogP contribution in [0.1, 0.15) is 22.7 Å². The molecule has 1 atom stereocenters. The highest BCUT2D eigenvalue weighted by molar-refractivity contribution is 7.92. The van der Waals surface area contributed by atoms with Gasteiger partial charge in [0.05, 0.1) is 24.3 Å². The Balaban J connectivity index is 1.96. The van der Waals surface area contributed by atoms with Crippen molar-refractivity contribution < 1.29 is 22.9 Å². The SMILES string of the molecule is COc1ccc([N+](=O)[O-])cc1N(CC(=O)N[C@H](c1ccccc1)c1ccc(C)cc1)S(C)(=O)=O. The Morgan fingerprint density at radius 1 is 1.06 bits per heavy atom. The van der Waals surface area contributed by atoms with Crippen LogP contribution in [0.25, 0.3) is 0 Å². The highest BCUT2D eigenvalue weighted by Crippen LogP contribution is 2.33. The van der Waals surface area contributed by atoms with Gasteiger partial charge in [0.1, 0.15) is 18.0 Å². The Hall–Kier alpha value is -3.92. The van der Waals surface area contributed by atoms with Crippen molar-refractivity contribution in [2.24, 2.45) is 0 Å². The van der Waals surface area contributed by atoms with Gasteiger partial charge in [0.2, 0.25) is 15.9 Å². The van der Waals surface area contributed by atoms with E-state index < -0.39 is 33.4 Å². The van der Waals surface area contributed by atoms with E-state index in [9.17, 15) is 23.3 Å². The number of amides is 1. The molecule has 9 nitrogen and oxygen atoms in total. The van der Waals surface area contributed by atoms with Crippen LogP contribution in [0.5, 0.6) is 5.75 Å². The number of rotatable bonds is 9. The molecule has 3 aromatic rings. The molecule has 34 heavy (non-hydrogen) atoms. The van der Waals surface area contributed by atoms with Crippen LogP contribution in [0.2, 0.25) is 0 Å². The van der Waals surface area contributed by atoms with E-state index >= 15 is 0 Å². The second-order valence-electron chi connectivity index (χ2n) is 7.70. The molecule has 0 saturated heterocycles. The molecular formula is C24H25N3O6S. The molecule has 0 heterocycles. The van der Waals surface area contributed by atoms with Crippen molar-refractivity contribution in [1.29, 1.82) is 0 Å². The lowest BCUT2D eigenvalue weighted by atomic mass is 9.98. The summed E-state index contributed by atoms with van der Waals surface area (Å²) in [4.78, 5) is 23.7. The summed E-state index contributed by atoms with van der Waals surface area (Å²) in [6, 6.07) is 20.0. The lowest BCUT2D eigenvalue weighted by Crippen LogP contribution is -2.42. The maximum Gasteiger partial charge on any atom is 0.271 e. The second kappa shape index (κ2) is 10.3. The molecule has 0 spiro atoms. The monoisotopic (exact) mass is 483 g/mol. The number of benzene rings is 3. The molecule has 0 radical (unpaired) electrons. The van der Waals surface area contributed by atoms with Crippen LogP contribution in [0, 0.1) is 17.0 Å². The quantitative estimate of drug-likeness (QED) is 0.367. The molecule has 0 saturated carbocycles. The number of methoxy groups -OCH3 is 1. The van der Waals surface area contributed by atoms with Crippen LogP contribution in [0.15, 0.2) is 72.8 Å². The molecule has 3 rings (SSSR count). The molecule has 3 aromatic carbocycles. The summed E-state index contributed by atoms with van der Waals surface area (Å²) in [5.74, 6) is -0.504. The van der Waals surface area contributed by atoms with E-state index in [1.54, 1.807) is 0 Å². The summed E-state index contributed by atoms with van der Waals surface area (Å²) in [7, 11) is -2.68. The lowest BCUT2D eigenvalue weighted by Gasteiger charge is -2.26. The minimum Gasteiger partial charge on any atom is -0.495 e. The first-order valence-electron chi connectivity index (χ1n) is 10.3. The molecular weight excluding hydrogens is 458 g/mol. The van der Waals surface area contributed by atoms with E-state index in [1.165, 1.54) is 19.2 Å². The maximum absolute atomic E-state index is 13.1. The summed E-state index contributed by atoms with van der Waals surface area (Å²) in [5, 5.41) is 14.1. The van der Waals surface area contributed by atoms with Crippen molar-refractivity contribution in [1.82, 2.24) is 5.32 Å². The number of hydrogen-bond acceptors (Lipinski definition) is 6. The Morgan fingerprint density at radius 2 is 1.68 bits per heavy atom. The number of ether oxygens (including phenoxy) is 1. The Bertz CT molecular complexity index is 1280. The number of hydrogen-bond donors (Lipinski definition) is 1. The molecule has 178 valence electrons. The Morgan fingerprint density at radius 3 is 2.24 bits per heavy atom. The van der Waals surface area contributed by atoms with Gasteiger partial charge in [0.25, 0.3) is 5.69 Å². The molecule has 0 aliphatic heterocycles. The number of carbonyl (C=O) groups excluding carboxylic acids is 1. The number of nitrogens with one attached hydrogen (secondary N) is 1. The molecule has 0 unspecified atom stereocenters. The number of anilines is 1. The van der Waals surface area contributed by atoms with Gasteiger partial charge < -0.3 is 10.1 Å². The van der Waals surface area contributed by atoms with E-state index in [0.717, 1.165) is 33.3 Å². The van der Waals surface area contributed by atoms with Crippen LogP contribution in [-0.2, 0) is 14.8 Å². The molecule has 0 aliphatic rings. The lowest BCUT2D eigenvalue weighted by molar-refractivity contribution is -0.384. The predicted molar refractivity (Wildman–Crippen MR) is 129 cm³/mol. The van der Waals surface area contributed by atoms with Gasteiger partial charge in [-0.25, -0.2) is 8.42 Å². The average Bonchev–Trinajstić information content (AvgIpc) is 2.81. The number of nitro groups is 1. The minimum absolute atomic E-state index is 0.0852. The largest absolute Gasteiger partial charge is 0.495 e. The second-order valence-corrected chi connectivity index (χ2v) is 9.61. The fraction of sp³-hybridized carbons (Fsp3) is 0.208. The van der Waals surface area contributed by atoms with Crippen LogP contribution >= 0.6 is 0 Å². The van der Waals surface area contributed by atoms with E-state index in [4.69, 9.17) is 4.74 Å². The zero-order valence-electron chi connectivity index (χ0n) is 19.0. The Labute approximate surface area is 198 Å². The van der Waals surface area contributed by atoms with Crippen LogP contribution in [0.3, 0.4) is 0 Å². The zero-order chi connectivity index (χ0) is 24.9. The highest BCUT2D eigenvalue weighted by atomic mass is 32.2. The van der Waals surface area contributed by atoms with Crippen LogP contribution in [-0.4, -0.2) is 39.2 Å². The number of non-ortho nitro benzene ring substituents is 1. The zero-order valence-corrected chi connectivity index (χ0v) is 19.8. The van der Waals surface area contributed by atoms with Gasteiger partial charge in [-0.05, 0) is 24.1 Å². The number of nitro benzene ring substituents is 1. The molecule has 0 fully saturated rings. The standard InChI is InChI=1S/C24H25N3O6S/c1-17-9-11-19(12-10-17)24(18-7-5-4-6-8-18)25-23(28)16-26(34(3,31)32)21-15-20(27(29)30)13-14-22(21)33-2/h4-15,24H,16H2,1-3H3,(H,25,28)/t24-/m1/s1. The fourth-order valence-electron chi connectivity index (χ4n) is 3.47. The molecule has 0 aliphatic carbocycles. The normalized spacial score (nSPS) is 12.0. The van der Waals surface area contributed by atoms with Crippen molar-refractivity contribution in [3.63, 3.8) is 0 Å². The molecule has 1 N–H and O–H groups in total. The summed E-state index contributed by atoms with van der Waals surface area (Å²) in [6.07, 6.45) is 0.924. The van der Waals surface area contributed by atoms with Gasteiger partial charge >= 0.3 is 0 Å². The third-order valence-electron chi connectivity index (χ3n) is 5.18. The van der Waals surface area contributed by atoms with Gasteiger partial charge in [0, 0.05) is 12.1 Å². The average molecular weight is 484 g/mol. The van der Waals surface area contributed by atoms with Crippen molar-refractivity contribution >= 4 is 27.3 Å². The predicted octanol–water partition coefficient (Wildman–Crippen LogP) is 3.58. The number of nitrogens with zero attached hydrogens (tertiary/aromatic N) is 2. The van der Waals surface area contributed by atoms with Crippen LogP contribution in [0.4, 0.5) is 11.4 Å². The first-order valence-corrected chi connectivity index (χ1v) is 12.2. The van der Waals surface area contributed by atoms with Gasteiger partial charge in [0.15, 0.2) is 0 Å². The first-order chi connectivity index (χ1) is 16.1. The fourth-order valence-corrected chi connectivity index (χ4v) is 4.32. The molecule has 0 bridgehead atoms. The van der Waals surface area contributed by atoms with Crippen molar-refractivity contribution in [2.75, 3.05) is 24.2 Å². The van der Waals surface area contributed by atoms with Crippen LogP contribution < -0.4 is 14.4 Å². The Kier molecular flexibility index (Phi) is 7.52. The first kappa shape index (κ1) is 24.7. The summed E-state index contributed by atoms with van der Waals surface area (Å²) >= 11 is 0. The van der Waals surface area contributed by atoms with E-state index in [0.29, 0.717) is 0 Å². The van der Waals surface area contributed by atoms with Gasteiger partial charge in [-0.15, -0.1) is 0 Å².